The Hall–Kier alpha value is -8.10. The van der Waals surface area contributed by atoms with Crippen LogP contribution in [0.5, 0.6) is 0 Å². The number of benzene rings is 8. The predicted molar refractivity (Wildman–Crippen MR) is 261 cm³/mol. The Bertz CT molecular complexity index is 3570. The van der Waals surface area contributed by atoms with Crippen LogP contribution in [-0.4, -0.2) is 14.5 Å². The van der Waals surface area contributed by atoms with Crippen molar-refractivity contribution in [3.63, 3.8) is 0 Å². The van der Waals surface area contributed by atoms with Crippen molar-refractivity contribution in [2.75, 3.05) is 0 Å². The highest BCUT2D eigenvalue weighted by molar-refractivity contribution is 6.24. The Morgan fingerprint density at radius 1 is 0.500 bits per heavy atom. The van der Waals surface area contributed by atoms with Gasteiger partial charge in [-0.05, 0) is 111 Å². The third-order valence-electron chi connectivity index (χ3n) is 12.6. The molecular formula is C59H39N3. The van der Waals surface area contributed by atoms with E-state index >= 15 is 0 Å². The standard InChI is InChI=1S/C59H39N3/c1-4-13-39(14-5-1)46-29-33-51-53(36-46)54-37-47(40-15-6-2-7-16-40)30-34-52(54)59-58(51)60-38-55(61-59)43-25-23-41(24-26-43)44-17-12-18-45(35-44)42-27-31-48(32-28-42)62-56-21-9-3-8-19-49(56)50-20-10-11-22-57(50)62/h1-6,8,10-15,17-38H,7,16H2. The number of allylic oxidation sites excluding steroid dienone is 6. The molecule has 0 spiro atoms. The molecule has 0 amide bonds. The Morgan fingerprint density at radius 2 is 1.15 bits per heavy atom. The second-order valence-electron chi connectivity index (χ2n) is 16.2. The minimum atomic E-state index is 0.860. The van der Waals surface area contributed by atoms with Crippen LogP contribution >= 0.6 is 0 Å². The van der Waals surface area contributed by atoms with Gasteiger partial charge in [-0.25, -0.2) is 4.98 Å². The monoisotopic (exact) mass is 789 g/mol. The van der Waals surface area contributed by atoms with Gasteiger partial charge in [0.1, 0.15) is 0 Å². The maximum atomic E-state index is 5.37. The highest BCUT2D eigenvalue weighted by Crippen LogP contribution is 2.39. The fraction of sp³-hybridized carbons (Fsp3) is 0.0339. The van der Waals surface area contributed by atoms with Crippen molar-refractivity contribution in [3.8, 4) is 50.3 Å². The summed E-state index contributed by atoms with van der Waals surface area (Å²) in [6, 6.07) is 59.3. The van der Waals surface area contributed by atoms with E-state index < -0.39 is 0 Å². The maximum absolute atomic E-state index is 5.37. The van der Waals surface area contributed by atoms with Gasteiger partial charge in [-0.15, -0.1) is 5.73 Å². The van der Waals surface area contributed by atoms with E-state index in [1.807, 2.05) is 12.3 Å². The van der Waals surface area contributed by atoms with Crippen molar-refractivity contribution in [2.24, 2.45) is 0 Å². The average molecular weight is 790 g/mol. The van der Waals surface area contributed by atoms with Crippen LogP contribution in [0.2, 0.25) is 0 Å². The van der Waals surface area contributed by atoms with Gasteiger partial charge < -0.3 is 4.57 Å². The minimum Gasteiger partial charge on any atom is -0.309 e. The lowest BCUT2D eigenvalue weighted by molar-refractivity contribution is 1.05. The van der Waals surface area contributed by atoms with Gasteiger partial charge in [0, 0.05) is 39.0 Å². The van der Waals surface area contributed by atoms with E-state index in [1.54, 1.807) is 0 Å². The van der Waals surface area contributed by atoms with Crippen LogP contribution in [0.1, 0.15) is 29.7 Å². The molecule has 0 saturated carbocycles. The lowest BCUT2D eigenvalue weighted by Gasteiger charge is -2.15. The van der Waals surface area contributed by atoms with Crippen molar-refractivity contribution < 1.29 is 0 Å². The van der Waals surface area contributed by atoms with Crippen LogP contribution in [0.3, 0.4) is 0 Å². The van der Waals surface area contributed by atoms with Crippen molar-refractivity contribution in [3.05, 3.63) is 223 Å². The molecule has 0 atom stereocenters. The van der Waals surface area contributed by atoms with Crippen LogP contribution < -0.4 is 0 Å². The van der Waals surface area contributed by atoms with Gasteiger partial charge in [-0.2, -0.15) is 0 Å². The smallest absolute Gasteiger partial charge is 0.0979 e. The van der Waals surface area contributed by atoms with Crippen molar-refractivity contribution in [1.82, 2.24) is 14.5 Å². The molecule has 12 rings (SSSR count). The van der Waals surface area contributed by atoms with Crippen LogP contribution in [0.25, 0.3) is 112 Å². The first-order valence-corrected chi connectivity index (χ1v) is 21.4. The van der Waals surface area contributed by atoms with E-state index in [9.17, 15) is 0 Å². The number of para-hydroxylation sites is 1. The quantitative estimate of drug-likeness (QED) is 0.124. The molecule has 290 valence electrons. The molecule has 62 heavy (non-hydrogen) atoms. The molecule has 2 heterocycles. The number of rotatable bonds is 6. The van der Waals surface area contributed by atoms with Gasteiger partial charge in [0.2, 0.25) is 0 Å². The van der Waals surface area contributed by atoms with Gasteiger partial charge in [-0.1, -0.05) is 158 Å². The molecule has 0 bridgehead atoms. The SMILES string of the molecule is C1=CC=Cc2c(n(-c3ccc(-c4cccc(-c5ccc(-c6cnc7c8ccc(-c9ccccc9)cc8c8cc(C9=CC=CCC9)ccc8c7n6)cc5)c4)cc3)c3ccccc23)C=1. The maximum Gasteiger partial charge on any atom is 0.0979 e. The molecule has 3 heteroatoms. The molecule has 2 aliphatic carbocycles. The summed E-state index contributed by atoms with van der Waals surface area (Å²) >= 11 is 0. The molecule has 0 saturated heterocycles. The molecule has 2 aliphatic rings. The Balaban J connectivity index is 0.884. The first-order valence-electron chi connectivity index (χ1n) is 21.4. The van der Waals surface area contributed by atoms with E-state index in [0.29, 0.717) is 0 Å². The number of hydrogen-bond acceptors (Lipinski definition) is 2. The molecule has 10 aromatic rings. The fourth-order valence-electron chi connectivity index (χ4n) is 9.44. The number of nitrogens with zero attached hydrogens (tertiary/aromatic N) is 3. The van der Waals surface area contributed by atoms with E-state index in [4.69, 9.17) is 9.97 Å². The van der Waals surface area contributed by atoms with Crippen LogP contribution in [0.15, 0.2) is 206 Å². The van der Waals surface area contributed by atoms with Crippen molar-refractivity contribution >= 4 is 61.2 Å². The Morgan fingerprint density at radius 3 is 1.94 bits per heavy atom. The normalized spacial score (nSPS) is 13.3. The molecule has 0 radical (unpaired) electrons. The topological polar surface area (TPSA) is 30.7 Å². The van der Waals surface area contributed by atoms with Gasteiger partial charge in [0.25, 0.3) is 0 Å². The van der Waals surface area contributed by atoms with Crippen molar-refractivity contribution in [2.45, 2.75) is 12.8 Å². The highest BCUT2D eigenvalue weighted by Gasteiger charge is 2.18. The third-order valence-corrected chi connectivity index (χ3v) is 12.6. The first-order chi connectivity index (χ1) is 30.7. The number of fused-ring (bicyclic) bond motifs is 9. The van der Waals surface area contributed by atoms with Crippen LogP contribution in [0, 0.1) is 0 Å². The molecule has 2 aromatic heterocycles. The first kappa shape index (κ1) is 35.8. The molecule has 0 aliphatic heterocycles. The van der Waals surface area contributed by atoms with Gasteiger partial charge in [0.15, 0.2) is 0 Å². The van der Waals surface area contributed by atoms with Gasteiger partial charge >= 0.3 is 0 Å². The summed E-state index contributed by atoms with van der Waals surface area (Å²) in [5.41, 5.74) is 21.4. The lowest BCUT2D eigenvalue weighted by Crippen LogP contribution is -1.96. The summed E-state index contributed by atoms with van der Waals surface area (Å²) in [6.45, 7) is 0. The molecule has 3 nitrogen and oxygen atoms in total. The second kappa shape index (κ2) is 14.9. The molecule has 0 N–H and O–H groups in total. The minimum absolute atomic E-state index is 0.860. The summed E-state index contributed by atoms with van der Waals surface area (Å²) in [5, 5.41) is 5.87. The summed E-state index contributed by atoms with van der Waals surface area (Å²) in [7, 11) is 0. The zero-order chi connectivity index (χ0) is 41.0. The number of aromatic nitrogens is 3. The van der Waals surface area contributed by atoms with E-state index in [1.165, 1.54) is 66.2 Å². The number of hydrogen-bond donors (Lipinski definition) is 0. The second-order valence-corrected chi connectivity index (χ2v) is 16.2. The molecule has 0 fully saturated rings. The van der Waals surface area contributed by atoms with Crippen LogP contribution in [-0.2, 0) is 0 Å². The predicted octanol–water partition coefficient (Wildman–Crippen LogP) is 15.5. The van der Waals surface area contributed by atoms with E-state index in [0.717, 1.165) is 62.8 Å². The summed E-state index contributed by atoms with van der Waals surface area (Å²) in [4.78, 5) is 10.5. The zero-order valence-electron chi connectivity index (χ0n) is 34.0. The average Bonchev–Trinajstić information content (AvgIpc) is 3.46. The Kier molecular flexibility index (Phi) is 8.59. The summed E-state index contributed by atoms with van der Waals surface area (Å²) in [6.07, 6.45) is 19.0. The van der Waals surface area contributed by atoms with E-state index in [-0.39, 0.29) is 0 Å². The molecular weight excluding hydrogens is 751 g/mol. The largest absolute Gasteiger partial charge is 0.309 e. The lowest BCUT2D eigenvalue weighted by atomic mass is 9.91. The van der Waals surface area contributed by atoms with Crippen molar-refractivity contribution in [1.29, 1.82) is 0 Å². The zero-order valence-corrected chi connectivity index (χ0v) is 34.0. The summed E-state index contributed by atoms with van der Waals surface area (Å²) < 4.78 is 2.33. The molecule has 0 unspecified atom stereocenters. The third kappa shape index (κ3) is 6.15. The van der Waals surface area contributed by atoms with E-state index in [2.05, 4.69) is 211 Å². The molecule has 8 aromatic carbocycles. The Labute approximate surface area is 360 Å². The van der Waals surface area contributed by atoms with Gasteiger partial charge in [-0.3, -0.25) is 4.98 Å². The van der Waals surface area contributed by atoms with Gasteiger partial charge in [0.05, 0.1) is 34.1 Å². The summed E-state index contributed by atoms with van der Waals surface area (Å²) in [5.74, 6) is 0. The van der Waals surface area contributed by atoms with Crippen LogP contribution in [0.4, 0.5) is 0 Å². The highest BCUT2D eigenvalue weighted by atomic mass is 15.0. The fourth-order valence-corrected chi connectivity index (χ4v) is 9.44.